The number of carbonyl (C=O) groups excluding carboxylic acids is 1. The monoisotopic (exact) mass is 315 g/mol. The van der Waals surface area contributed by atoms with Crippen LogP contribution in [0.25, 0.3) is 0 Å². The fourth-order valence-corrected chi connectivity index (χ4v) is 4.05. The molecule has 0 amide bonds. The Hall–Kier alpha value is -0.368. The van der Waals surface area contributed by atoms with E-state index in [0.29, 0.717) is 13.0 Å². The first-order chi connectivity index (χ1) is 9.35. The molecular formula is C14H30BNO4Si. The molecule has 1 fully saturated rings. The van der Waals surface area contributed by atoms with Gasteiger partial charge in [0.25, 0.3) is 0 Å². The van der Waals surface area contributed by atoms with Crippen LogP contribution >= 0.6 is 0 Å². The maximum atomic E-state index is 12.1. The molecule has 0 spiro atoms. The molecule has 5 nitrogen and oxygen atoms in total. The van der Waals surface area contributed by atoms with Crippen molar-refractivity contribution in [2.75, 3.05) is 13.7 Å². The van der Waals surface area contributed by atoms with Crippen LogP contribution in [0.15, 0.2) is 0 Å². The molecule has 122 valence electrons. The molecule has 1 aliphatic heterocycles. The van der Waals surface area contributed by atoms with Crippen molar-refractivity contribution in [2.24, 2.45) is 0 Å². The third kappa shape index (κ3) is 3.70. The van der Waals surface area contributed by atoms with Gasteiger partial charge in [0, 0.05) is 13.0 Å². The van der Waals surface area contributed by atoms with Gasteiger partial charge in [-0.3, -0.25) is 4.79 Å². The van der Waals surface area contributed by atoms with E-state index in [1.165, 1.54) is 7.11 Å². The van der Waals surface area contributed by atoms with Gasteiger partial charge in [-0.1, -0.05) is 20.8 Å². The van der Waals surface area contributed by atoms with E-state index in [2.05, 4.69) is 33.9 Å². The minimum atomic E-state index is -1.90. The molecule has 7 heteroatoms. The molecule has 21 heavy (non-hydrogen) atoms. The van der Waals surface area contributed by atoms with Crippen LogP contribution < -0.4 is 0 Å². The molecule has 0 aliphatic carbocycles. The number of esters is 1. The SMILES string of the molecule is COC(=O)C1(C)C[C@H](O[Si](C)(C)C(C)(C)C)CN1B(C)O. The molecule has 2 atom stereocenters. The summed E-state index contributed by atoms with van der Waals surface area (Å²) in [6.07, 6.45) is 0.501. The van der Waals surface area contributed by atoms with E-state index in [4.69, 9.17) is 9.16 Å². The Bertz CT molecular complexity index is 397. The summed E-state index contributed by atoms with van der Waals surface area (Å²) in [5, 5.41) is 10.1. The predicted molar refractivity (Wildman–Crippen MR) is 87.7 cm³/mol. The van der Waals surface area contributed by atoms with Gasteiger partial charge in [0.05, 0.1) is 13.2 Å². The Labute approximate surface area is 130 Å². The van der Waals surface area contributed by atoms with E-state index < -0.39 is 20.9 Å². The number of nitrogens with zero attached hydrogens (tertiary/aromatic N) is 1. The van der Waals surface area contributed by atoms with E-state index in [0.717, 1.165) is 0 Å². The van der Waals surface area contributed by atoms with Crippen molar-refractivity contribution in [3.63, 3.8) is 0 Å². The Kier molecular flexibility index (Phi) is 5.36. The zero-order valence-corrected chi connectivity index (χ0v) is 15.7. The molecule has 1 saturated heterocycles. The highest BCUT2D eigenvalue weighted by Crippen LogP contribution is 2.41. The molecule has 0 bridgehead atoms. The van der Waals surface area contributed by atoms with Gasteiger partial charge in [0.1, 0.15) is 5.54 Å². The molecule has 0 aromatic heterocycles. The zero-order chi connectivity index (χ0) is 16.6. The van der Waals surface area contributed by atoms with Crippen LogP contribution in [0, 0.1) is 0 Å². The molecule has 1 heterocycles. The summed E-state index contributed by atoms with van der Waals surface area (Å²) in [5.41, 5.74) is -0.823. The highest BCUT2D eigenvalue weighted by molar-refractivity contribution is 6.74. The van der Waals surface area contributed by atoms with Gasteiger partial charge in [-0.05, 0) is 31.9 Å². The van der Waals surface area contributed by atoms with E-state index in [9.17, 15) is 9.82 Å². The maximum absolute atomic E-state index is 12.1. The standard InChI is InChI=1S/C14H30BNO4Si/c1-13(2,3)21(7,8)20-11-9-14(4,12(17)19-6)16(10-11)15(5)18/h11,18H,9-10H2,1-8H3/t11-,14?/m0/s1. The Morgan fingerprint density at radius 2 is 1.95 bits per heavy atom. The Morgan fingerprint density at radius 1 is 1.43 bits per heavy atom. The first-order valence-corrected chi connectivity index (χ1v) is 10.5. The van der Waals surface area contributed by atoms with Gasteiger partial charge >= 0.3 is 13.0 Å². The van der Waals surface area contributed by atoms with Crippen molar-refractivity contribution in [3.8, 4) is 0 Å². The highest BCUT2D eigenvalue weighted by Gasteiger charge is 2.53. The van der Waals surface area contributed by atoms with Gasteiger partial charge in [0.15, 0.2) is 8.32 Å². The number of ether oxygens (including phenoxy) is 1. The summed E-state index contributed by atoms with van der Waals surface area (Å²) < 4.78 is 11.3. The van der Waals surface area contributed by atoms with E-state index in [-0.39, 0.29) is 17.1 Å². The molecule has 0 aromatic carbocycles. The van der Waals surface area contributed by atoms with Crippen molar-refractivity contribution >= 4 is 21.3 Å². The van der Waals surface area contributed by atoms with E-state index in [1.807, 2.05) is 6.92 Å². The largest absolute Gasteiger partial charge is 0.468 e. The molecule has 1 aliphatic rings. The topological polar surface area (TPSA) is 59.0 Å². The number of rotatable bonds is 4. The Morgan fingerprint density at radius 3 is 2.33 bits per heavy atom. The number of hydrogen-bond acceptors (Lipinski definition) is 5. The second kappa shape index (κ2) is 6.03. The minimum Gasteiger partial charge on any atom is -0.468 e. The third-order valence-electron chi connectivity index (χ3n) is 5.00. The minimum absolute atomic E-state index is 0.0513. The highest BCUT2D eigenvalue weighted by atomic mass is 28.4. The van der Waals surface area contributed by atoms with Crippen LogP contribution in [-0.2, 0) is 14.0 Å². The first-order valence-electron chi connectivity index (χ1n) is 7.56. The van der Waals surface area contributed by atoms with Crippen molar-refractivity contribution in [1.29, 1.82) is 0 Å². The summed E-state index contributed by atoms with van der Waals surface area (Å²) in [5.74, 6) is -0.315. The molecule has 1 unspecified atom stereocenters. The van der Waals surface area contributed by atoms with Gasteiger partial charge in [-0.2, -0.15) is 0 Å². The smallest absolute Gasteiger partial charge is 0.377 e. The van der Waals surface area contributed by atoms with Crippen LogP contribution in [-0.4, -0.2) is 56.5 Å². The molecule has 1 N–H and O–H groups in total. The predicted octanol–water partition coefficient (Wildman–Crippen LogP) is 2.12. The van der Waals surface area contributed by atoms with Crippen LogP contribution in [0.4, 0.5) is 0 Å². The lowest BCUT2D eigenvalue weighted by Gasteiger charge is -2.38. The van der Waals surface area contributed by atoms with Crippen molar-refractivity contribution in [3.05, 3.63) is 0 Å². The summed E-state index contributed by atoms with van der Waals surface area (Å²) in [4.78, 5) is 13.9. The summed E-state index contributed by atoms with van der Waals surface area (Å²) in [7, 11) is -1.22. The lowest BCUT2D eigenvalue weighted by Crippen LogP contribution is -2.54. The zero-order valence-electron chi connectivity index (χ0n) is 14.7. The van der Waals surface area contributed by atoms with Crippen molar-refractivity contribution in [1.82, 2.24) is 4.81 Å². The quantitative estimate of drug-likeness (QED) is 0.636. The second-order valence-electron chi connectivity index (χ2n) is 7.75. The van der Waals surface area contributed by atoms with Crippen LogP contribution in [0.5, 0.6) is 0 Å². The van der Waals surface area contributed by atoms with Crippen LogP contribution in [0.3, 0.4) is 0 Å². The number of carbonyl (C=O) groups is 1. The molecule has 1 rings (SSSR count). The summed E-state index contributed by atoms with van der Waals surface area (Å²) in [6, 6.07) is 0. The van der Waals surface area contributed by atoms with Gasteiger partial charge in [0.2, 0.25) is 0 Å². The number of methoxy groups -OCH3 is 1. The molecule has 0 aromatic rings. The van der Waals surface area contributed by atoms with E-state index in [1.54, 1.807) is 11.6 Å². The first kappa shape index (κ1) is 18.7. The van der Waals surface area contributed by atoms with Crippen LogP contribution in [0.2, 0.25) is 25.0 Å². The number of hydrogen-bond donors (Lipinski definition) is 1. The van der Waals surface area contributed by atoms with E-state index >= 15 is 0 Å². The second-order valence-corrected chi connectivity index (χ2v) is 12.5. The van der Waals surface area contributed by atoms with Gasteiger partial charge in [-0.15, -0.1) is 0 Å². The molecule has 0 radical (unpaired) electrons. The van der Waals surface area contributed by atoms with Crippen molar-refractivity contribution < 1.29 is 19.0 Å². The fraction of sp³-hybridized carbons (Fsp3) is 0.929. The lowest BCUT2D eigenvalue weighted by atomic mass is 9.80. The van der Waals surface area contributed by atoms with Gasteiger partial charge in [-0.25, -0.2) is 0 Å². The van der Waals surface area contributed by atoms with Crippen LogP contribution in [0.1, 0.15) is 34.1 Å². The summed E-state index contributed by atoms with van der Waals surface area (Å²) in [6.45, 7) is 15.0. The average molecular weight is 315 g/mol. The maximum Gasteiger partial charge on any atom is 0.377 e. The normalized spacial score (nSPS) is 27.8. The fourth-order valence-electron chi connectivity index (χ4n) is 2.70. The lowest BCUT2D eigenvalue weighted by molar-refractivity contribution is -0.150. The van der Waals surface area contributed by atoms with Crippen molar-refractivity contribution in [2.45, 2.75) is 70.7 Å². The average Bonchev–Trinajstić information content (AvgIpc) is 2.64. The summed E-state index contributed by atoms with van der Waals surface area (Å²) >= 11 is 0. The Balaban J connectivity index is 2.94. The molecule has 0 saturated carbocycles. The third-order valence-corrected chi connectivity index (χ3v) is 9.54. The molecular weight excluding hydrogens is 285 g/mol. The van der Waals surface area contributed by atoms with Gasteiger partial charge < -0.3 is 19.0 Å².